The first-order valence-electron chi connectivity index (χ1n) is 5.19. The summed E-state index contributed by atoms with van der Waals surface area (Å²) in [4.78, 5) is 22.2. The number of ether oxygens (including phenoxy) is 1. The van der Waals surface area contributed by atoms with Gasteiger partial charge in [0, 0.05) is 0 Å². The van der Waals surface area contributed by atoms with Crippen molar-refractivity contribution in [1.29, 1.82) is 0 Å². The van der Waals surface area contributed by atoms with Crippen molar-refractivity contribution in [3.63, 3.8) is 0 Å². The van der Waals surface area contributed by atoms with Crippen LogP contribution in [0, 0.1) is 0 Å². The molecule has 0 heterocycles. The molecule has 0 aliphatic rings. The summed E-state index contributed by atoms with van der Waals surface area (Å²) in [7, 11) is 0. The van der Waals surface area contributed by atoms with Gasteiger partial charge in [0.15, 0.2) is 0 Å². The van der Waals surface area contributed by atoms with Gasteiger partial charge in [-0.1, -0.05) is 36.4 Å². The van der Waals surface area contributed by atoms with Gasteiger partial charge in [0.05, 0.1) is 6.42 Å². The first-order chi connectivity index (χ1) is 8.15. The van der Waals surface area contributed by atoms with Crippen LogP contribution in [0.1, 0.15) is 17.9 Å². The summed E-state index contributed by atoms with van der Waals surface area (Å²) >= 11 is 0. The van der Waals surface area contributed by atoms with E-state index in [9.17, 15) is 9.59 Å². The number of esters is 1. The fourth-order valence-corrected chi connectivity index (χ4v) is 1.35. The molecule has 1 N–H and O–H groups in total. The molecule has 0 saturated heterocycles. The van der Waals surface area contributed by atoms with E-state index in [1.807, 2.05) is 0 Å². The molecule has 0 amide bonds. The molecule has 1 unspecified atom stereocenters. The van der Waals surface area contributed by atoms with Crippen molar-refractivity contribution in [3.8, 4) is 0 Å². The second-order valence-corrected chi connectivity index (χ2v) is 3.48. The number of hydrogen-bond acceptors (Lipinski definition) is 3. The number of carboxylic acid groups (broad SMARTS) is 1. The zero-order chi connectivity index (χ0) is 12.7. The Bertz CT molecular complexity index is 397. The fraction of sp³-hybridized carbons (Fsp3) is 0.231. The van der Waals surface area contributed by atoms with Gasteiger partial charge in [0.1, 0.15) is 12.5 Å². The zero-order valence-corrected chi connectivity index (χ0v) is 9.33. The second-order valence-electron chi connectivity index (χ2n) is 3.48. The predicted octanol–water partition coefficient (Wildman–Crippen LogP) is 1.97. The summed E-state index contributed by atoms with van der Waals surface area (Å²) in [5.74, 6) is -2.31. The van der Waals surface area contributed by atoms with Crippen LogP contribution in [0.4, 0.5) is 0 Å². The lowest BCUT2D eigenvalue weighted by molar-refractivity contribution is -0.147. The number of aliphatic carboxylic acids is 1. The predicted molar refractivity (Wildman–Crippen MR) is 62.6 cm³/mol. The van der Waals surface area contributed by atoms with Crippen molar-refractivity contribution in [1.82, 2.24) is 0 Å². The first kappa shape index (κ1) is 13.0. The maximum atomic E-state index is 11.1. The highest BCUT2D eigenvalue weighted by molar-refractivity contribution is 5.77. The van der Waals surface area contributed by atoms with Crippen molar-refractivity contribution in [3.05, 3.63) is 48.6 Å². The van der Waals surface area contributed by atoms with Crippen molar-refractivity contribution in [2.75, 3.05) is 6.61 Å². The highest BCUT2D eigenvalue weighted by atomic mass is 16.5. The molecule has 90 valence electrons. The lowest BCUT2D eigenvalue weighted by Crippen LogP contribution is -2.19. The molecule has 4 heteroatoms. The van der Waals surface area contributed by atoms with E-state index < -0.39 is 17.9 Å². The minimum atomic E-state index is -1.01. The van der Waals surface area contributed by atoms with Gasteiger partial charge in [-0.2, -0.15) is 0 Å². The number of benzene rings is 1. The minimum absolute atomic E-state index is 0.0845. The molecular formula is C13H14O4. The fourth-order valence-electron chi connectivity index (χ4n) is 1.35. The quantitative estimate of drug-likeness (QED) is 0.603. The third-order valence-electron chi connectivity index (χ3n) is 2.22. The van der Waals surface area contributed by atoms with E-state index in [4.69, 9.17) is 9.84 Å². The van der Waals surface area contributed by atoms with Crippen LogP contribution in [0.15, 0.2) is 43.0 Å². The van der Waals surface area contributed by atoms with Gasteiger partial charge in [0.25, 0.3) is 0 Å². The van der Waals surface area contributed by atoms with E-state index in [2.05, 4.69) is 6.58 Å². The molecule has 0 radical (unpaired) electrons. The van der Waals surface area contributed by atoms with E-state index in [1.165, 1.54) is 6.08 Å². The minimum Gasteiger partial charge on any atom is -0.481 e. The Morgan fingerprint density at radius 2 is 2.00 bits per heavy atom. The van der Waals surface area contributed by atoms with Gasteiger partial charge in [0.2, 0.25) is 0 Å². The van der Waals surface area contributed by atoms with E-state index in [-0.39, 0.29) is 13.0 Å². The van der Waals surface area contributed by atoms with Crippen LogP contribution in [-0.4, -0.2) is 23.7 Å². The number of carboxylic acids is 1. The second kappa shape index (κ2) is 6.48. The van der Waals surface area contributed by atoms with E-state index >= 15 is 0 Å². The molecule has 17 heavy (non-hydrogen) atoms. The molecule has 0 aromatic heterocycles. The van der Waals surface area contributed by atoms with Crippen LogP contribution < -0.4 is 0 Å². The molecule has 1 atom stereocenters. The average molecular weight is 234 g/mol. The van der Waals surface area contributed by atoms with E-state index in [1.54, 1.807) is 30.3 Å². The summed E-state index contributed by atoms with van der Waals surface area (Å²) in [5, 5.41) is 9.06. The number of rotatable bonds is 6. The largest absolute Gasteiger partial charge is 0.481 e. The molecule has 0 aliphatic heterocycles. The molecule has 0 bridgehead atoms. The van der Waals surface area contributed by atoms with Gasteiger partial charge in [-0.25, -0.2) is 0 Å². The maximum absolute atomic E-state index is 11.1. The highest BCUT2D eigenvalue weighted by Crippen LogP contribution is 2.16. The molecule has 0 saturated carbocycles. The summed E-state index contributed by atoms with van der Waals surface area (Å²) < 4.78 is 4.87. The Morgan fingerprint density at radius 3 is 2.53 bits per heavy atom. The smallest absolute Gasteiger partial charge is 0.314 e. The number of hydrogen-bond donors (Lipinski definition) is 1. The summed E-state index contributed by atoms with van der Waals surface area (Å²) in [5.41, 5.74) is 0.617. The van der Waals surface area contributed by atoms with E-state index in [0.717, 1.165) is 0 Å². The van der Waals surface area contributed by atoms with Gasteiger partial charge in [-0.3, -0.25) is 9.59 Å². The summed E-state index contributed by atoms with van der Waals surface area (Å²) in [6.07, 6.45) is 1.50. The maximum Gasteiger partial charge on any atom is 0.314 e. The third-order valence-corrected chi connectivity index (χ3v) is 2.22. The van der Waals surface area contributed by atoms with Gasteiger partial charge >= 0.3 is 11.9 Å². The van der Waals surface area contributed by atoms with Crippen LogP contribution >= 0.6 is 0 Å². The first-order valence-corrected chi connectivity index (χ1v) is 5.19. The number of carbonyl (C=O) groups is 2. The normalized spacial score (nSPS) is 11.5. The molecule has 0 spiro atoms. The van der Waals surface area contributed by atoms with Crippen molar-refractivity contribution < 1.29 is 19.4 Å². The van der Waals surface area contributed by atoms with Gasteiger partial charge < -0.3 is 9.84 Å². The Balaban J connectivity index is 2.65. The van der Waals surface area contributed by atoms with Gasteiger partial charge in [-0.05, 0) is 5.56 Å². The lowest BCUT2D eigenvalue weighted by Gasteiger charge is -2.12. The third kappa shape index (κ3) is 4.10. The topological polar surface area (TPSA) is 63.6 Å². The van der Waals surface area contributed by atoms with Crippen LogP contribution in [0.5, 0.6) is 0 Å². The SMILES string of the molecule is C=CCC(=O)OCC(C(=O)O)c1ccccc1. The molecule has 1 rings (SSSR count). The summed E-state index contributed by atoms with van der Waals surface area (Å²) in [6.45, 7) is 3.24. The average Bonchev–Trinajstić information content (AvgIpc) is 2.30. The van der Waals surface area contributed by atoms with Crippen LogP contribution in [0.25, 0.3) is 0 Å². The molecular weight excluding hydrogens is 220 g/mol. The van der Waals surface area contributed by atoms with Crippen LogP contribution in [0.2, 0.25) is 0 Å². The highest BCUT2D eigenvalue weighted by Gasteiger charge is 2.21. The standard InChI is InChI=1S/C13H14O4/c1-2-6-12(14)17-9-11(13(15)16)10-7-4-3-5-8-10/h2-5,7-8,11H,1,6,9H2,(H,15,16). The zero-order valence-electron chi connectivity index (χ0n) is 9.33. The number of carbonyl (C=O) groups excluding carboxylic acids is 1. The van der Waals surface area contributed by atoms with Crippen molar-refractivity contribution in [2.24, 2.45) is 0 Å². The molecule has 1 aromatic rings. The Labute approximate surface area is 99.5 Å². The summed E-state index contributed by atoms with van der Waals surface area (Å²) in [6, 6.07) is 8.68. The van der Waals surface area contributed by atoms with Crippen LogP contribution in [-0.2, 0) is 14.3 Å². The van der Waals surface area contributed by atoms with E-state index in [0.29, 0.717) is 5.56 Å². The Kier molecular flexibility index (Phi) is 4.94. The Morgan fingerprint density at radius 1 is 1.35 bits per heavy atom. The van der Waals surface area contributed by atoms with Crippen LogP contribution in [0.3, 0.4) is 0 Å². The Hall–Kier alpha value is -2.10. The van der Waals surface area contributed by atoms with Crippen molar-refractivity contribution in [2.45, 2.75) is 12.3 Å². The van der Waals surface area contributed by atoms with Gasteiger partial charge in [-0.15, -0.1) is 6.58 Å². The van der Waals surface area contributed by atoms with Crippen molar-refractivity contribution >= 4 is 11.9 Å². The molecule has 1 aromatic carbocycles. The molecule has 0 fully saturated rings. The molecule has 4 nitrogen and oxygen atoms in total. The molecule has 0 aliphatic carbocycles. The lowest BCUT2D eigenvalue weighted by atomic mass is 10.0. The monoisotopic (exact) mass is 234 g/mol.